The summed E-state index contributed by atoms with van der Waals surface area (Å²) in [5, 5.41) is 0. The van der Waals surface area contributed by atoms with Gasteiger partial charge in [-0.3, -0.25) is 4.99 Å². The van der Waals surface area contributed by atoms with E-state index in [0.29, 0.717) is 19.3 Å². The van der Waals surface area contributed by atoms with Crippen LogP contribution in [0.3, 0.4) is 0 Å². The molecule has 0 unspecified atom stereocenters. The van der Waals surface area contributed by atoms with E-state index < -0.39 is 5.79 Å². The zero-order chi connectivity index (χ0) is 10.7. The minimum atomic E-state index is -0.425. The molecule has 0 atom stereocenters. The van der Waals surface area contributed by atoms with Crippen molar-refractivity contribution >= 4 is 5.71 Å². The molecule has 1 aliphatic carbocycles. The average Bonchev–Trinajstić information content (AvgIpc) is 2.23. The molecule has 0 aromatic rings. The van der Waals surface area contributed by atoms with Crippen molar-refractivity contribution in [2.75, 3.05) is 13.2 Å². The lowest BCUT2D eigenvalue weighted by atomic mass is 9.96. The van der Waals surface area contributed by atoms with E-state index >= 15 is 0 Å². The molecule has 0 amide bonds. The van der Waals surface area contributed by atoms with Crippen LogP contribution in [0.15, 0.2) is 4.99 Å². The summed E-state index contributed by atoms with van der Waals surface area (Å²) in [5.41, 5.74) is 1.08. The van der Waals surface area contributed by atoms with Crippen LogP contribution < -0.4 is 0 Å². The quantitative estimate of drug-likeness (QED) is 0.667. The highest BCUT2D eigenvalue weighted by Crippen LogP contribution is 2.22. The molecule has 2 aliphatic rings. The van der Waals surface area contributed by atoms with Crippen LogP contribution in [0.1, 0.15) is 46.0 Å². The summed E-state index contributed by atoms with van der Waals surface area (Å²) in [5.74, 6) is -0.425. The lowest BCUT2D eigenvalue weighted by Gasteiger charge is -2.31. The topological polar surface area (TPSA) is 30.8 Å². The van der Waals surface area contributed by atoms with E-state index in [1.54, 1.807) is 0 Å². The van der Waals surface area contributed by atoms with Gasteiger partial charge in [0.15, 0.2) is 5.79 Å². The third-order valence-corrected chi connectivity index (χ3v) is 3.11. The molecular weight excluding hydrogens is 190 g/mol. The molecule has 0 N–H and O–H groups in total. The maximum absolute atomic E-state index is 5.57. The van der Waals surface area contributed by atoms with Gasteiger partial charge >= 0.3 is 0 Å². The van der Waals surface area contributed by atoms with Crippen LogP contribution in [0, 0.1) is 0 Å². The molecule has 0 aromatic heterocycles. The van der Waals surface area contributed by atoms with Gasteiger partial charge in [-0.25, -0.2) is 0 Å². The van der Waals surface area contributed by atoms with Gasteiger partial charge in [-0.1, -0.05) is 19.3 Å². The number of rotatable bonds is 1. The molecule has 1 aliphatic heterocycles. The fraction of sp³-hybridized carbons (Fsp3) is 0.917. The number of nitrogens with zero attached hydrogens (tertiary/aromatic N) is 1. The van der Waals surface area contributed by atoms with Crippen LogP contribution >= 0.6 is 0 Å². The highest BCUT2D eigenvalue weighted by Gasteiger charge is 2.26. The number of hydrogen-bond donors (Lipinski definition) is 0. The van der Waals surface area contributed by atoms with Gasteiger partial charge in [-0.05, 0) is 26.7 Å². The van der Waals surface area contributed by atoms with Crippen LogP contribution in [-0.2, 0) is 9.47 Å². The second-order valence-electron chi connectivity index (χ2n) is 4.96. The molecule has 2 rings (SSSR count). The maximum Gasteiger partial charge on any atom is 0.163 e. The van der Waals surface area contributed by atoms with Crippen molar-refractivity contribution < 1.29 is 9.47 Å². The lowest BCUT2D eigenvalue weighted by Crippen LogP contribution is -2.40. The van der Waals surface area contributed by atoms with Gasteiger partial charge in [0.1, 0.15) is 0 Å². The zero-order valence-electron chi connectivity index (χ0n) is 9.79. The molecule has 86 valence electrons. The average molecular weight is 211 g/mol. The first-order valence-corrected chi connectivity index (χ1v) is 5.99. The summed E-state index contributed by atoms with van der Waals surface area (Å²) in [6, 6.07) is 0.530. The highest BCUT2D eigenvalue weighted by atomic mass is 16.7. The van der Waals surface area contributed by atoms with Crippen molar-refractivity contribution in [3.05, 3.63) is 0 Å². The monoisotopic (exact) mass is 211 g/mol. The van der Waals surface area contributed by atoms with Crippen molar-refractivity contribution in [3.63, 3.8) is 0 Å². The zero-order valence-corrected chi connectivity index (χ0v) is 9.79. The molecule has 1 heterocycles. The van der Waals surface area contributed by atoms with Crippen molar-refractivity contribution in [1.29, 1.82) is 0 Å². The molecule has 15 heavy (non-hydrogen) atoms. The SMILES string of the molecule is CC1(C)OCC(=NC2CCCCC2)CO1. The molecule has 2 fully saturated rings. The Morgan fingerprint density at radius 3 is 2.27 bits per heavy atom. The van der Waals surface area contributed by atoms with Crippen LogP contribution in [0.2, 0.25) is 0 Å². The second-order valence-corrected chi connectivity index (χ2v) is 4.96. The Balaban J connectivity index is 1.86. The van der Waals surface area contributed by atoms with Crippen molar-refractivity contribution in [1.82, 2.24) is 0 Å². The van der Waals surface area contributed by atoms with Crippen molar-refractivity contribution in [2.24, 2.45) is 4.99 Å². The first-order chi connectivity index (χ1) is 7.16. The minimum absolute atomic E-state index is 0.425. The first kappa shape index (κ1) is 11.1. The predicted octanol–water partition coefficient (Wildman–Crippen LogP) is 2.54. The summed E-state index contributed by atoms with van der Waals surface area (Å²) >= 11 is 0. The Bertz CT molecular complexity index is 230. The van der Waals surface area contributed by atoms with Gasteiger partial charge in [-0.15, -0.1) is 0 Å². The van der Waals surface area contributed by atoms with Gasteiger partial charge in [0.25, 0.3) is 0 Å². The van der Waals surface area contributed by atoms with Gasteiger partial charge in [-0.2, -0.15) is 0 Å². The van der Waals surface area contributed by atoms with E-state index in [4.69, 9.17) is 14.5 Å². The standard InChI is InChI=1S/C12H21NO2/c1-12(2)14-8-11(9-15-12)13-10-6-4-3-5-7-10/h10H,3-9H2,1-2H3. The largest absolute Gasteiger partial charge is 0.344 e. The molecule has 0 aromatic carbocycles. The minimum Gasteiger partial charge on any atom is -0.344 e. The summed E-state index contributed by atoms with van der Waals surface area (Å²) in [7, 11) is 0. The molecule has 0 bridgehead atoms. The molecule has 0 radical (unpaired) electrons. The van der Waals surface area contributed by atoms with Crippen LogP contribution in [0.4, 0.5) is 0 Å². The number of aliphatic imine (C=N–C) groups is 1. The fourth-order valence-corrected chi connectivity index (χ4v) is 2.14. The fourth-order valence-electron chi connectivity index (χ4n) is 2.14. The van der Waals surface area contributed by atoms with Gasteiger partial charge in [0.2, 0.25) is 0 Å². The van der Waals surface area contributed by atoms with Gasteiger partial charge in [0.05, 0.1) is 25.0 Å². The Morgan fingerprint density at radius 1 is 1.07 bits per heavy atom. The molecule has 1 saturated carbocycles. The van der Waals surface area contributed by atoms with Crippen LogP contribution in [0.25, 0.3) is 0 Å². The molecule has 1 saturated heterocycles. The normalized spacial score (nSPS) is 27.7. The second kappa shape index (κ2) is 4.62. The van der Waals surface area contributed by atoms with E-state index in [9.17, 15) is 0 Å². The third-order valence-electron chi connectivity index (χ3n) is 3.11. The van der Waals surface area contributed by atoms with E-state index in [1.165, 1.54) is 32.1 Å². The maximum atomic E-state index is 5.57. The third kappa shape index (κ3) is 3.28. The summed E-state index contributed by atoms with van der Waals surface area (Å²) in [6.07, 6.45) is 6.52. The summed E-state index contributed by atoms with van der Waals surface area (Å²) in [6.45, 7) is 5.18. The Hall–Kier alpha value is -0.410. The predicted molar refractivity (Wildman–Crippen MR) is 60.3 cm³/mol. The Labute approximate surface area is 91.9 Å². The van der Waals surface area contributed by atoms with Gasteiger partial charge < -0.3 is 9.47 Å². The van der Waals surface area contributed by atoms with E-state index in [0.717, 1.165) is 5.71 Å². The van der Waals surface area contributed by atoms with Gasteiger partial charge in [0, 0.05) is 0 Å². The van der Waals surface area contributed by atoms with Crippen LogP contribution in [0.5, 0.6) is 0 Å². The summed E-state index contributed by atoms with van der Waals surface area (Å²) in [4.78, 5) is 4.73. The van der Waals surface area contributed by atoms with E-state index in [2.05, 4.69) is 0 Å². The molecule has 3 heteroatoms. The molecule has 0 spiro atoms. The van der Waals surface area contributed by atoms with Crippen LogP contribution in [-0.4, -0.2) is 30.8 Å². The summed E-state index contributed by atoms with van der Waals surface area (Å²) < 4.78 is 11.1. The molecule has 3 nitrogen and oxygen atoms in total. The number of hydrogen-bond acceptors (Lipinski definition) is 3. The Morgan fingerprint density at radius 2 is 1.67 bits per heavy atom. The lowest BCUT2D eigenvalue weighted by molar-refractivity contribution is -0.210. The van der Waals surface area contributed by atoms with E-state index in [1.807, 2.05) is 13.8 Å². The van der Waals surface area contributed by atoms with Crippen molar-refractivity contribution in [3.8, 4) is 0 Å². The Kier molecular flexibility index (Phi) is 3.42. The van der Waals surface area contributed by atoms with E-state index in [-0.39, 0.29) is 0 Å². The van der Waals surface area contributed by atoms with Crippen molar-refractivity contribution in [2.45, 2.75) is 57.8 Å². The first-order valence-electron chi connectivity index (χ1n) is 5.99. The number of ether oxygens (including phenoxy) is 2. The molecular formula is C12H21NO2. The highest BCUT2D eigenvalue weighted by molar-refractivity contribution is 5.87. The smallest absolute Gasteiger partial charge is 0.163 e.